The molecular weight excluding hydrogens is 324 g/mol. The van der Waals surface area contributed by atoms with Crippen LogP contribution in [0.25, 0.3) is 6.08 Å². The number of amides is 1. The van der Waals surface area contributed by atoms with Crippen LogP contribution in [0.3, 0.4) is 0 Å². The van der Waals surface area contributed by atoms with Gasteiger partial charge in [-0.15, -0.1) is 0 Å². The lowest BCUT2D eigenvalue weighted by Gasteiger charge is -2.35. The molecule has 3 rings (SSSR count). The van der Waals surface area contributed by atoms with Crippen molar-refractivity contribution in [2.75, 3.05) is 37.7 Å². The minimum atomic E-state index is 0.0732. The van der Waals surface area contributed by atoms with Crippen LogP contribution in [0.5, 0.6) is 5.75 Å². The molecule has 0 aliphatic carbocycles. The normalized spacial score (nSPS) is 14.7. The van der Waals surface area contributed by atoms with Crippen molar-refractivity contribution in [3.63, 3.8) is 0 Å². The highest BCUT2D eigenvalue weighted by Crippen LogP contribution is 2.16. The van der Waals surface area contributed by atoms with Gasteiger partial charge in [0.15, 0.2) is 0 Å². The van der Waals surface area contributed by atoms with E-state index in [1.807, 2.05) is 53.4 Å². The predicted molar refractivity (Wildman–Crippen MR) is 106 cm³/mol. The van der Waals surface area contributed by atoms with E-state index in [1.54, 1.807) is 6.08 Å². The van der Waals surface area contributed by atoms with Gasteiger partial charge < -0.3 is 14.5 Å². The number of carbonyl (C=O) groups is 1. The van der Waals surface area contributed by atoms with Gasteiger partial charge in [0.25, 0.3) is 0 Å². The van der Waals surface area contributed by atoms with Gasteiger partial charge in [-0.3, -0.25) is 4.79 Å². The molecule has 136 valence electrons. The molecule has 0 radical (unpaired) electrons. The van der Waals surface area contributed by atoms with Crippen LogP contribution >= 0.6 is 0 Å². The predicted octanol–water partition coefficient (Wildman–Crippen LogP) is 3.84. The molecule has 0 spiro atoms. The molecule has 1 fully saturated rings. The molecule has 26 heavy (non-hydrogen) atoms. The van der Waals surface area contributed by atoms with Crippen LogP contribution in [-0.4, -0.2) is 43.6 Å². The third kappa shape index (κ3) is 4.88. The largest absolute Gasteiger partial charge is 0.494 e. The van der Waals surface area contributed by atoms with Crippen molar-refractivity contribution in [2.24, 2.45) is 0 Å². The second-order valence-corrected chi connectivity index (χ2v) is 6.40. The summed E-state index contributed by atoms with van der Waals surface area (Å²) in [6.07, 6.45) is 4.53. The van der Waals surface area contributed by atoms with E-state index < -0.39 is 0 Å². The third-order valence-electron chi connectivity index (χ3n) is 4.48. The highest BCUT2D eigenvalue weighted by Gasteiger charge is 2.19. The monoisotopic (exact) mass is 350 g/mol. The molecule has 0 bridgehead atoms. The number of para-hydroxylation sites is 1. The summed E-state index contributed by atoms with van der Waals surface area (Å²) in [5, 5.41) is 0. The molecule has 0 unspecified atom stereocenters. The molecule has 0 aromatic heterocycles. The van der Waals surface area contributed by atoms with Gasteiger partial charge in [-0.05, 0) is 42.3 Å². The van der Waals surface area contributed by atoms with E-state index in [2.05, 4.69) is 24.0 Å². The molecule has 1 amide bonds. The maximum Gasteiger partial charge on any atom is 0.246 e. The molecule has 0 atom stereocenters. The van der Waals surface area contributed by atoms with E-state index >= 15 is 0 Å². The van der Waals surface area contributed by atoms with Crippen molar-refractivity contribution in [1.29, 1.82) is 0 Å². The zero-order chi connectivity index (χ0) is 18.2. The molecule has 2 aromatic rings. The first kappa shape index (κ1) is 18.1. The molecular formula is C22H26N2O2. The first-order chi connectivity index (χ1) is 12.8. The van der Waals surface area contributed by atoms with Crippen molar-refractivity contribution in [2.45, 2.75) is 13.3 Å². The molecule has 0 N–H and O–H groups in total. The Morgan fingerprint density at radius 2 is 1.69 bits per heavy atom. The van der Waals surface area contributed by atoms with Gasteiger partial charge >= 0.3 is 0 Å². The molecule has 1 aliphatic heterocycles. The standard InChI is InChI=1S/C22H26N2O2/c1-2-18-26-21-11-8-19(9-12-21)10-13-22(25)24-16-14-23(15-17-24)20-6-4-3-5-7-20/h3-13H,2,14-18H2,1H3/b13-10+. The van der Waals surface area contributed by atoms with Gasteiger partial charge in [0.05, 0.1) is 6.61 Å². The third-order valence-corrected chi connectivity index (χ3v) is 4.48. The Morgan fingerprint density at radius 1 is 1.00 bits per heavy atom. The second-order valence-electron chi connectivity index (χ2n) is 6.40. The lowest BCUT2D eigenvalue weighted by atomic mass is 10.2. The fraction of sp³-hybridized carbons (Fsp3) is 0.318. The fourth-order valence-corrected chi connectivity index (χ4v) is 2.99. The molecule has 1 saturated heterocycles. The first-order valence-corrected chi connectivity index (χ1v) is 9.26. The Bertz CT molecular complexity index is 718. The topological polar surface area (TPSA) is 32.8 Å². The van der Waals surface area contributed by atoms with Crippen molar-refractivity contribution in [1.82, 2.24) is 4.90 Å². The van der Waals surface area contributed by atoms with Gasteiger partial charge in [-0.25, -0.2) is 0 Å². The summed E-state index contributed by atoms with van der Waals surface area (Å²) in [4.78, 5) is 16.7. The Labute approximate surface area is 155 Å². The fourth-order valence-electron chi connectivity index (χ4n) is 2.99. The highest BCUT2D eigenvalue weighted by atomic mass is 16.5. The maximum atomic E-state index is 12.4. The number of hydrogen-bond acceptors (Lipinski definition) is 3. The van der Waals surface area contributed by atoms with Crippen molar-refractivity contribution < 1.29 is 9.53 Å². The van der Waals surface area contributed by atoms with Crippen LogP contribution in [0, 0.1) is 0 Å². The van der Waals surface area contributed by atoms with Crippen LogP contribution in [0.1, 0.15) is 18.9 Å². The van der Waals surface area contributed by atoms with E-state index in [0.29, 0.717) is 0 Å². The van der Waals surface area contributed by atoms with Crippen LogP contribution in [-0.2, 0) is 4.79 Å². The number of ether oxygens (including phenoxy) is 1. The number of anilines is 1. The maximum absolute atomic E-state index is 12.4. The summed E-state index contributed by atoms with van der Waals surface area (Å²) >= 11 is 0. The summed E-state index contributed by atoms with van der Waals surface area (Å²) in [7, 11) is 0. The summed E-state index contributed by atoms with van der Waals surface area (Å²) in [5.74, 6) is 0.941. The van der Waals surface area contributed by atoms with E-state index in [4.69, 9.17) is 4.74 Å². The number of rotatable bonds is 6. The van der Waals surface area contributed by atoms with Crippen molar-refractivity contribution in [3.05, 3.63) is 66.2 Å². The summed E-state index contributed by atoms with van der Waals surface area (Å²) in [5.41, 5.74) is 2.23. The van der Waals surface area contributed by atoms with Crippen LogP contribution in [0.15, 0.2) is 60.7 Å². The molecule has 2 aromatic carbocycles. The second kappa shape index (κ2) is 9.09. The SMILES string of the molecule is CCCOc1ccc(/C=C/C(=O)N2CCN(c3ccccc3)CC2)cc1. The lowest BCUT2D eigenvalue weighted by Crippen LogP contribution is -2.48. The number of piperazine rings is 1. The van der Waals surface area contributed by atoms with Gasteiger partial charge in [0, 0.05) is 37.9 Å². The Hall–Kier alpha value is -2.75. The Balaban J connectivity index is 1.50. The zero-order valence-electron chi connectivity index (χ0n) is 15.3. The van der Waals surface area contributed by atoms with Crippen LogP contribution < -0.4 is 9.64 Å². The summed E-state index contributed by atoms with van der Waals surface area (Å²) < 4.78 is 5.57. The number of hydrogen-bond donors (Lipinski definition) is 0. The smallest absolute Gasteiger partial charge is 0.246 e. The molecule has 4 nitrogen and oxygen atoms in total. The molecule has 0 saturated carbocycles. The van der Waals surface area contributed by atoms with Gasteiger partial charge in [-0.1, -0.05) is 37.3 Å². The van der Waals surface area contributed by atoms with E-state index in [0.717, 1.165) is 50.5 Å². The minimum absolute atomic E-state index is 0.0732. The number of benzene rings is 2. The highest BCUT2D eigenvalue weighted by molar-refractivity contribution is 5.92. The van der Waals surface area contributed by atoms with Crippen molar-refractivity contribution in [3.8, 4) is 5.75 Å². The van der Waals surface area contributed by atoms with E-state index in [-0.39, 0.29) is 5.91 Å². The Kier molecular flexibility index (Phi) is 6.31. The van der Waals surface area contributed by atoms with E-state index in [1.165, 1.54) is 5.69 Å². The quantitative estimate of drug-likeness (QED) is 0.742. The van der Waals surface area contributed by atoms with E-state index in [9.17, 15) is 4.79 Å². The number of carbonyl (C=O) groups excluding carboxylic acids is 1. The lowest BCUT2D eigenvalue weighted by molar-refractivity contribution is -0.126. The summed E-state index contributed by atoms with van der Waals surface area (Å²) in [6, 6.07) is 18.2. The summed E-state index contributed by atoms with van der Waals surface area (Å²) in [6.45, 7) is 6.05. The van der Waals surface area contributed by atoms with Gasteiger partial charge in [-0.2, -0.15) is 0 Å². The average molecular weight is 350 g/mol. The van der Waals surface area contributed by atoms with Gasteiger partial charge in [0.1, 0.15) is 5.75 Å². The molecule has 4 heteroatoms. The van der Waals surface area contributed by atoms with Crippen molar-refractivity contribution >= 4 is 17.7 Å². The number of nitrogens with zero attached hydrogens (tertiary/aromatic N) is 2. The Morgan fingerprint density at radius 3 is 2.35 bits per heavy atom. The van der Waals surface area contributed by atoms with Crippen LogP contribution in [0.4, 0.5) is 5.69 Å². The minimum Gasteiger partial charge on any atom is -0.494 e. The zero-order valence-corrected chi connectivity index (χ0v) is 15.3. The molecule has 1 aliphatic rings. The van der Waals surface area contributed by atoms with Gasteiger partial charge in [0.2, 0.25) is 5.91 Å². The average Bonchev–Trinajstić information content (AvgIpc) is 2.72. The van der Waals surface area contributed by atoms with Crippen LogP contribution in [0.2, 0.25) is 0 Å². The first-order valence-electron chi connectivity index (χ1n) is 9.26. The molecule has 1 heterocycles.